The third kappa shape index (κ3) is 6.94. The lowest BCUT2D eigenvalue weighted by Crippen LogP contribution is -2.24. The number of nitrogens with zero attached hydrogens (tertiary/aromatic N) is 5. The average molecular weight is 639 g/mol. The molecule has 0 unspecified atom stereocenters. The fourth-order valence-corrected chi connectivity index (χ4v) is 8.63. The summed E-state index contributed by atoms with van der Waals surface area (Å²) in [5.41, 5.74) is 1.98. The number of aliphatic hydroxyl groups is 2. The largest absolute Gasteiger partial charge is 0.484 e. The first-order valence-corrected chi connectivity index (χ1v) is 16.5. The number of carbonyl (C=O) groups is 1. The Morgan fingerprint density at radius 3 is 2.73 bits per heavy atom. The molecule has 0 radical (unpaired) electrons. The number of pyridine rings is 1. The van der Waals surface area contributed by atoms with Gasteiger partial charge in [0.1, 0.15) is 18.1 Å². The van der Waals surface area contributed by atoms with Crippen LogP contribution >= 0.6 is 23.5 Å². The van der Waals surface area contributed by atoms with Gasteiger partial charge in [0.05, 0.1) is 29.7 Å². The highest BCUT2D eigenvalue weighted by Crippen LogP contribution is 2.53. The molecule has 14 heteroatoms. The van der Waals surface area contributed by atoms with E-state index in [4.69, 9.17) is 14.2 Å². The van der Waals surface area contributed by atoms with Gasteiger partial charge in [-0.05, 0) is 54.5 Å². The first kappa shape index (κ1) is 30.6. The second kappa shape index (κ2) is 14.1. The van der Waals surface area contributed by atoms with Crippen molar-refractivity contribution in [2.24, 2.45) is 0 Å². The van der Waals surface area contributed by atoms with Gasteiger partial charge in [-0.1, -0.05) is 24.3 Å². The Morgan fingerprint density at radius 2 is 1.98 bits per heavy atom. The number of imidazole rings is 1. The van der Waals surface area contributed by atoms with Gasteiger partial charge in [0.2, 0.25) is 11.8 Å². The molecule has 12 nitrogen and oxygen atoms in total. The summed E-state index contributed by atoms with van der Waals surface area (Å²) >= 11 is 3.92. The zero-order chi connectivity index (χ0) is 30.4. The Kier molecular flexibility index (Phi) is 9.82. The average Bonchev–Trinajstić information content (AvgIpc) is 3.66. The molecule has 3 N–H and O–H groups in total. The van der Waals surface area contributed by atoms with Crippen LogP contribution in [0.1, 0.15) is 37.5 Å². The van der Waals surface area contributed by atoms with E-state index in [2.05, 4.69) is 31.3 Å². The summed E-state index contributed by atoms with van der Waals surface area (Å²) < 4.78 is 19.2. The standard InChI is InChI=1S/C30H34N6O6S2/c37-17-23-22(38)15-25(42-23)36-19-32-26-27(36)34-29(33-24(39)18-41-21-8-2-1-3-9-21)35-28(26)40-12-5-10-30(43-13-6-14-44-30)20-7-4-11-31-16-20/h1-4,7-9,11,16,19,22-23,25,37-38H,5-6,10,12-15,17-18H2,(H,33,34,35,39)/t22-,23+,25+/m0/s1. The van der Waals surface area contributed by atoms with Crippen molar-refractivity contribution in [3.8, 4) is 11.6 Å². The molecule has 0 bridgehead atoms. The van der Waals surface area contributed by atoms with E-state index in [1.165, 1.54) is 12.0 Å². The molecule has 1 amide bonds. The van der Waals surface area contributed by atoms with E-state index in [-0.39, 0.29) is 35.5 Å². The van der Waals surface area contributed by atoms with Gasteiger partial charge in [-0.15, -0.1) is 23.5 Å². The van der Waals surface area contributed by atoms with Crippen molar-refractivity contribution in [2.75, 3.05) is 36.6 Å². The number of rotatable bonds is 12. The number of carbonyl (C=O) groups excluding carboxylic acids is 1. The molecule has 0 spiro atoms. The summed E-state index contributed by atoms with van der Waals surface area (Å²) in [7, 11) is 0. The van der Waals surface area contributed by atoms with Crippen LogP contribution in [0.3, 0.4) is 0 Å². The lowest BCUT2D eigenvalue weighted by molar-refractivity contribution is -0.118. The fourth-order valence-electron chi connectivity index (χ4n) is 5.23. The van der Waals surface area contributed by atoms with Crippen molar-refractivity contribution < 1.29 is 29.2 Å². The molecule has 0 aliphatic carbocycles. The Balaban J connectivity index is 1.20. The highest BCUT2D eigenvalue weighted by Gasteiger charge is 2.37. The molecule has 2 saturated heterocycles. The summed E-state index contributed by atoms with van der Waals surface area (Å²) in [5.74, 6) is 2.57. The van der Waals surface area contributed by atoms with Crippen LogP contribution in [0.5, 0.6) is 11.6 Å². The molecule has 4 aromatic rings. The number of nitrogens with one attached hydrogen (secondary N) is 1. The second-order valence-corrected chi connectivity index (χ2v) is 13.5. The topological polar surface area (TPSA) is 154 Å². The Morgan fingerprint density at radius 1 is 1.14 bits per heavy atom. The minimum Gasteiger partial charge on any atom is -0.484 e. The van der Waals surface area contributed by atoms with E-state index in [9.17, 15) is 15.0 Å². The van der Waals surface area contributed by atoms with E-state index >= 15 is 0 Å². The third-order valence-corrected chi connectivity index (χ3v) is 10.9. The number of aliphatic hydroxyl groups excluding tert-OH is 2. The van der Waals surface area contributed by atoms with Gasteiger partial charge in [-0.25, -0.2) is 4.98 Å². The van der Waals surface area contributed by atoms with E-state index in [0.29, 0.717) is 23.5 Å². The lowest BCUT2D eigenvalue weighted by atomic mass is 10.1. The number of fused-ring (bicyclic) bond motifs is 1. The highest BCUT2D eigenvalue weighted by molar-refractivity contribution is 8.18. The van der Waals surface area contributed by atoms with Crippen LogP contribution in [0.4, 0.5) is 5.95 Å². The summed E-state index contributed by atoms with van der Waals surface area (Å²) in [4.78, 5) is 30.7. The minimum absolute atomic E-state index is 0.0263. The van der Waals surface area contributed by atoms with Gasteiger partial charge in [0.25, 0.3) is 5.91 Å². The molecule has 232 valence electrons. The van der Waals surface area contributed by atoms with Crippen LogP contribution < -0.4 is 14.8 Å². The first-order valence-electron chi connectivity index (χ1n) is 14.5. The predicted molar refractivity (Wildman–Crippen MR) is 168 cm³/mol. The summed E-state index contributed by atoms with van der Waals surface area (Å²) in [6.45, 7) is -0.173. The molecule has 3 atom stereocenters. The Hall–Kier alpha value is -3.43. The van der Waals surface area contributed by atoms with Crippen LogP contribution in [0.2, 0.25) is 0 Å². The summed E-state index contributed by atoms with van der Waals surface area (Å²) in [6.07, 6.45) is 6.19. The normalized spacial score (nSPS) is 21.3. The van der Waals surface area contributed by atoms with Crippen molar-refractivity contribution in [3.05, 3.63) is 66.7 Å². The van der Waals surface area contributed by atoms with Gasteiger partial charge < -0.3 is 24.4 Å². The number of para-hydroxylation sites is 1. The summed E-state index contributed by atoms with van der Waals surface area (Å²) in [6, 6.07) is 13.2. The lowest BCUT2D eigenvalue weighted by Gasteiger charge is -2.36. The number of ether oxygens (including phenoxy) is 3. The van der Waals surface area contributed by atoms with Crippen LogP contribution in [0.15, 0.2) is 61.2 Å². The van der Waals surface area contributed by atoms with Crippen molar-refractivity contribution in [1.29, 1.82) is 0 Å². The van der Waals surface area contributed by atoms with Gasteiger partial charge in [0.15, 0.2) is 17.8 Å². The Labute approximate surface area is 263 Å². The molecule has 3 aromatic heterocycles. The molecule has 0 saturated carbocycles. The smallest absolute Gasteiger partial charge is 0.264 e. The maximum Gasteiger partial charge on any atom is 0.264 e. The monoisotopic (exact) mass is 638 g/mol. The van der Waals surface area contributed by atoms with Crippen molar-refractivity contribution in [3.63, 3.8) is 0 Å². The van der Waals surface area contributed by atoms with E-state index in [1.54, 1.807) is 29.2 Å². The van der Waals surface area contributed by atoms with Crippen LogP contribution in [0, 0.1) is 0 Å². The van der Waals surface area contributed by atoms with E-state index in [0.717, 1.165) is 24.3 Å². The molecular formula is C30H34N6O6S2. The van der Waals surface area contributed by atoms with E-state index in [1.807, 2.05) is 54.0 Å². The number of aromatic nitrogens is 5. The molecule has 44 heavy (non-hydrogen) atoms. The number of anilines is 1. The second-order valence-electron chi connectivity index (χ2n) is 10.4. The highest BCUT2D eigenvalue weighted by atomic mass is 32.2. The fraction of sp³-hybridized carbons (Fsp3) is 0.433. The van der Waals surface area contributed by atoms with Crippen molar-refractivity contribution in [1.82, 2.24) is 24.5 Å². The molecular weight excluding hydrogens is 605 g/mol. The van der Waals surface area contributed by atoms with Crippen LogP contribution in [0.25, 0.3) is 11.2 Å². The zero-order valence-electron chi connectivity index (χ0n) is 23.9. The maximum absolute atomic E-state index is 12.8. The number of hydrogen-bond donors (Lipinski definition) is 3. The van der Waals surface area contributed by atoms with E-state index < -0.39 is 24.3 Å². The Bertz CT molecular complexity index is 1540. The molecule has 2 aliphatic heterocycles. The SMILES string of the molecule is O=C(COc1ccccc1)Nc1nc(OCCCC2(c3cccnc3)SCCCS2)c2ncn([C@H]3C[C@H](O)[C@@H](CO)O3)c2n1. The molecule has 2 aliphatic rings. The first-order chi connectivity index (χ1) is 21.5. The summed E-state index contributed by atoms with van der Waals surface area (Å²) in [5, 5.41) is 22.6. The zero-order valence-corrected chi connectivity index (χ0v) is 25.6. The third-order valence-electron chi connectivity index (χ3n) is 7.40. The maximum atomic E-state index is 12.8. The molecule has 6 rings (SSSR count). The van der Waals surface area contributed by atoms with Crippen LogP contribution in [-0.4, -0.2) is 84.2 Å². The molecule has 1 aromatic carbocycles. The van der Waals surface area contributed by atoms with Gasteiger partial charge in [-0.2, -0.15) is 9.97 Å². The number of benzene rings is 1. The molecule has 2 fully saturated rings. The van der Waals surface area contributed by atoms with Crippen molar-refractivity contribution >= 4 is 46.5 Å². The van der Waals surface area contributed by atoms with Gasteiger partial charge in [0, 0.05) is 18.8 Å². The minimum atomic E-state index is -0.836. The quantitative estimate of drug-likeness (QED) is 0.194. The van der Waals surface area contributed by atoms with Crippen molar-refractivity contribution in [2.45, 2.75) is 48.2 Å². The predicted octanol–water partition coefficient (Wildman–Crippen LogP) is 3.76. The number of hydrogen-bond acceptors (Lipinski definition) is 12. The number of thioether (sulfide) groups is 2. The van der Waals surface area contributed by atoms with Gasteiger partial charge in [-0.3, -0.25) is 19.7 Å². The van der Waals surface area contributed by atoms with Gasteiger partial charge >= 0.3 is 0 Å². The van der Waals surface area contributed by atoms with Crippen LogP contribution in [-0.2, 0) is 13.6 Å². The number of amides is 1. The molecule has 5 heterocycles.